The summed E-state index contributed by atoms with van der Waals surface area (Å²) in [5.74, 6) is -0.537. The van der Waals surface area contributed by atoms with E-state index in [0.29, 0.717) is 17.8 Å². The van der Waals surface area contributed by atoms with Crippen LogP contribution in [-0.2, 0) is 0 Å². The minimum absolute atomic E-state index is 0.0245. The normalized spacial score (nSPS) is 11.6. The van der Waals surface area contributed by atoms with Crippen LogP contribution in [0.5, 0.6) is 0 Å². The first-order chi connectivity index (χ1) is 7.35. The fourth-order valence-electron chi connectivity index (χ4n) is 1.38. The lowest BCUT2D eigenvalue weighted by Gasteiger charge is -2.27. The molecule has 0 aliphatic rings. The Balaban J connectivity index is 2.93. The van der Waals surface area contributed by atoms with Crippen LogP contribution in [0.25, 0.3) is 0 Å². The number of nitrogens with one attached hydrogen (secondary N) is 1. The SMILES string of the molecule is CC(C)(CCO)Nc1cc(Cl)c(F)cc1N. The molecule has 1 aromatic carbocycles. The van der Waals surface area contributed by atoms with E-state index in [1.807, 2.05) is 13.8 Å². The van der Waals surface area contributed by atoms with Crippen LogP contribution in [0.4, 0.5) is 15.8 Å². The number of nitrogens with two attached hydrogens (primary N) is 1. The Labute approximate surface area is 99.4 Å². The first-order valence-corrected chi connectivity index (χ1v) is 5.37. The summed E-state index contributed by atoms with van der Waals surface area (Å²) in [6.45, 7) is 3.90. The van der Waals surface area contributed by atoms with Crippen molar-refractivity contribution in [3.8, 4) is 0 Å². The molecule has 0 aliphatic heterocycles. The Hall–Kier alpha value is -1.00. The third-order valence-electron chi connectivity index (χ3n) is 2.30. The number of anilines is 2. The van der Waals surface area contributed by atoms with Crippen molar-refractivity contribution >= 4 is 23.0 Å². The fraction of sp³-hybridized carbons (Fsp3) is 0.455. The van der Waals surface area contributed by atoms with Crippen LogP contribution in [-0.4, -0.2) is 17.3 Å². The average molecular weight is 247 g/mol. The lowest BCUT2D eigenvalue weighted by molar-refractivity contribution is 0.261. The summed E-state index contributed by atoms with van der Waals surface area (Å²) in [5, 5.41) is 12.0. The van der Waals surface area contributed by atoms with E-state index in [2.05, 4.69) is 5.32 Å². The molecule has 0 aromatic heterocycles. The van der Waals surface area contributed by atoms with E-state index in [1.165, 1.54) is 12.1 Å². The zero-order valence-electron chi connectivity index (χ0n) is 9.35. The molecule has 1 aromatic rings. The quantitative estimate of drug-likeness (QED) is 0.716. The van der Waals surface area contributed by atoms with Crippen molar-refractivity contribution in [3.63, 3.8) is 0 Å². The monoisotopic (exact) mass is 246 g/mol. The van der Waals surface area contributed by atoms with Gasteiger partial charge in [0.1, 0.15) is 5.82 Å². The number of rotatable bonds is 4. The lowest BCUT2D eigenvalue weighted by Crippen LogP contribution is -2.32. The van der Waals surface area contributed by atoms with Gasteiger partial charge in [0, 0.05) is 18.2 Å². The van der Waals surface area contributed by atoms with Gasteiger partial charge in [0.05, 0.1) is 16.4 Å². The predicted octanol–water partition coefficient (Wildman–Crippen LogP) is 2.63. The maximum Gasteiger partial charge on any atom is 0.143 e. The van der Waals surface area contributed by atoms with Gasteiger partial charge in [-0.2, -0.15) is 0 Å². The van der Waals surface area contributed by atoms with Gasteiger partial charge in [-0.3, -0.25) is 0 Å². The highest BCUT2D eigenvalue weighted by Crippen LogP contribution is 2.29. The Morgan fingerprint density at radius 1 is 1.50 bits per heavy atom. The standard InChI is InChI=1S/C11H16ClFN2O/c1-11(2,3-4-16)15-10-5-7(12)8(13)6-9(10)14/h5-6,15-16H,3-4,14H2,1-2H3. The second kappa shape index (κ2) is 4.89. The number of benzene rings is 1. The molecule has 0 fully saturated rings. The average Bonchev–Trinajstić information content (AvgIpc) is 2.13. The molecule has 1 rings (SSSR count). The zero-order valence-corrected chi connectivity index (χ0v) is 10.1. The molecule has 90 valence electrons. The molecule has 0 heterocycles. The minimum atomic E-state index is -0.537. The Morgan fingerprint density at radius 2 is 2.12 bits per heavy atom. The summed E-state index contributed by atoms with van der Waals surface area (Å²) in [6.07, 6.45) is 0.557. The molecule has 0 radical (unpaired) electrons. The first kappa shape index (κ1) is 13.1. The predicted molar refractivity (Wildman–Crippen MR) is 65.2 cm³/mol. The third-order valence-corrected chi connectivity index (χ3v) is 2.59. The van der Waals surface area contributed by atoms with Gasteiger partial charge in [-0.1, -0.05) is 11.6 Å². The topological polar surface area (TPSA) is 58.3 Å². The molecule has 5 heteroatoms. The van der Waals surface area contributed by atoms with Gasteiger partial charge < -0.3 is 16.2 Å². The number of aliphatic hydroxyl groups excluding tert-OH is 1. The van der Waals surface area contributed by atoms with E-state index in [1.54, 1.807) is 0 Å². The van der Waals surface area contributed by atoms with Crippen LogP contribution >= 0.6 is 11.6 Å². The molecule has 16 heavy (non-hydrogen) atoms. The Kier molecular flexibility index (Phi) is 3.99. The first-order valence-electron chi connectivity index (χ1n) is 4.99. The second-order valence-electron chi connectivity index (χ2n) is 4.34. The fourth-order valence-corrected chi connectivity index (χ4v) is 1.54. The van der Waals surface area contributed by atoms with Crippen LogP contribution in [0.1, 0.15) is 20.3 Å². The van der Waals surface area contributed by atoms with E-state index in [-0.39, 0.29) is 17.2 Å². The molecule has 0 saturated carbocycles. The summed E-state index contributed by atoms with van der Waals surface area (Å²) in [4.78, 5) is 0. The highest BCUT2D eigenvalue weighted by Gasteiger charge is 2.18. The van der Waals surface area contributed by atoms with Crippen LogP contribution in [0.3, 0.4) is 0 Å². The molecule has 3 nitrogen and oxygen atoms in total. The van der Waals surface area contributed by atoms with E-state index < -0.39 is 5.82 Å². The van der Waals surface area contributed by atoms with Crippen molar-refractivity contribution in [2.75, 3.05) is 17.7 Å². The smallest absolute Gasteiger partial charge is 0.143 e. The second-order valence-corrected chi connectivity index (χ2v) is 4.74. The van der Waals surface area contributed by atoms with E-state index in [0.717, 1.165) is 0 Å². The van der Waals surface area contributed by atoms with Crippen LogP contribution in [0.2, 0.25) is 5.02 Å². The summed E-state index contributed by atoms with van der Waals surface area (Å²) in [7, 11) is 0. The Morgan fingerprint density at radius 3 is 2.69 bits per heavy atom. The molecule has 0 atom stereocenters. The minimum Gasteiger partial charge on any atom is -0.397 e. The van der Waals surface area contributed by atoms with Gasteiger partial charge in [-0.05, 0) is 26.3 Å². The summed E-state index contributed by atoms with van der Waals surface area (Å²) < 4.78 is 13.1. The Bertz CT molecular complexity index is 382. The number of aliphatic hydroxyl groups is 1. The molecule has 0 amide bonds. The van der Waals surface area contributed by atoms with Gasteiger partial charge in [-0.15, -0.1) is 0 Å². The van der Waals surface area contributed by atoms with Gasteiger partial charge in [-0.25, -0.2) is 4.39 Å². The van der Waals surface area contributed by atoms with Crippen molar-refractivity contribution in [3.05, 3.63) is 23.0 Å². The molecule has 0 bridgehead atoms. The van der Waals surface area contributed by atoms with Crippen LogP contribution < -0.4 is 11.1 Å². The third kappa shape index (κ3) is 3.25. The van der Waals surface area contributed by atoms with Crippen molar-refractivity contribution in [1.82, 2.24) is 0 Å². The van der Waals surface area contributed by atoms with Crippen molar-refractivity contribution < 1.29 is 9.50 Å². The van der Waals surface area contributed by atoms with E-state index in [9.17, 15) is 4.39 Å². The van der Waals surface area contributed by atoms with E-state index in [4.69, 9.17) is 22.4 Å². The molecular formula is C11H16ClFN2O. The van der Waals surface area contributed by atoms with Gasteiger partial charge >= 0.3 is 0 Å². The largest absolute Gasteiger partial charge is 0.397 e. The van der Waals surface area contributed by atoms with Gasteiger partial charge in [0.15, 0.2) is 0 Å². The highest BCUT2D eigenvalue weighted by molar-refractivity contribution is 6.31. The van der Waals surface area contributed by atoms with E-state index >= 15 is 0 Å². The molecule has 0 saturated heterocycles. The maximum absolute atomic E-state index is 13.1. The number of halogens is 2. The van der Waals surface area contributed by atoms with Crippen LogP contribution in [0, 0.1) is 5.82 Å². The van der Waals surface area contributed by atoms with Gasteiger partial charge in [0.25, 0.3) is 0 Å². The lowest BCUT2D eigenvalue weighted by atomic mass is 10.0. The zero-order chi connectivity index (χ0) is 12.3. The summed E-state index contributed by atoms with van der Waals surface area (Å²) in [5.41, 5.74) is 6.21. The number of hydrogen-bond acceptors (Lipinski definition) is 3. The summed E-state index contributed by atoms with van der Waals surface area (Å²) in [6, 6.07) is 2.63. The molecule has 0 aliphatic carbocycles. The number of hydrogen-bond donors (Lipinski definition) is 3. The van der Waals surface area contributed by atoms with Crippen LogP contribution in [0.15, 0.2) is 12.1 Å². The van der Waals surface area contributed by atoms with Crippen molar-refractivity contribution in [2.24, 2.45) is 0 Å². The molecule has 0 unspecified atom stereocenters. The molecular weight excluding hydrogens is 231 g/mol. The van der Waals surface area contributed by atoms with Gasteiger partial charge in [0.2, 0.25) is 0 Å². The number of nitrogen functional groups attached to an aromatic ring is 1. The summed E-state index contributed by atoms with van der Waals surface area (Å²) >= 11 is 5.67. The highest BCUT2D eigenvalue weighted by atomic mass is 35.5. The molecule has 4 N–H and O–H groups in total. The molecule has 0 spiro atoms. The van der Waals surface area contributed by atoms with Crippen molar-refractivity contribution in [2.45, 2.75) is 25.8 Å². The maximum atomic E-state index is 13.1. The van der Waals surface area contributed by atoms with Crippen molar-refractivity contribution in [1.29, 1.82) is 0 Å².